The number of hydrogen-bond donors (Lipinski definition) is 1. The van der Waals surface area contributed by atoms with Gasteiger partial charge in [0.15, 0.2) is 11.5 Å². The summed E-state index contributed by atoms with van der Waals surface area (Å²) in [4.78, 5) is 24.5. The molecule has 0 saturated carbocycles. The Morgan fingerprint density at radius 2 is 1.85 bits per heavy atom. The van der Waals surface area contributed by atoms with Gasteiger partial charge in [0.25, 0.3) is 5.91 Å². The maximum atomic E-state index is 12.0. The molecule has 27 heavy (non-hydrogen) atoms. The van der Waals surface area contributed by atoms with Gasteiger partial charge in [-0.1, -0.05) is 35.3 Å². The Morgan fingerprint density at radius 3 is 2.48 bits per heavy atom. The van der Waals surface area contributed by atoms with E-state index in [9.17, 15) is 9.59 Å². The third-order valence-corrected chi connectivity index (χ3v) is 4.70. The molecule has 0 aromatic heterocycles. The lowest BCUT2D eigenvalue weighted by Crippen LogP contribution is -2.25. The first kappa shape index (κ1) is 19.1. The van der Waals surface area contributed by atoms with E-state index in [1.54, 1.807) is 36.4 Å². The van der Waals surface area contributed by atoms with Crippen LogP contribution in [0.15, 0.2) is 42.1 Å². The minimum Gasteiger partial charge on any atom is -0.493 e. The van der Waals surface area contributed by atoms with E-state index in [2.05, 4.69) is 5.32 Å². The fourth-order valence-corrected chi connectivity index (χ4v) is 2.79. The average Bonchev–Trinajstić information content (AvgIpc) is 2.90. The van der Waals surface area contributed by atoms with Crippen LogP contribution >= 0.6 is 23.2 Å². The smallest absolute Gasteiger partial charge is 0.328 e. The van der Waals surface area contributed by atoms with Crippen molar-refractivity contribution in [3.05, 3.63) is 63.3 Å². The number of amides is 3. The van der Waals surface area contributed by atoms with Crippen molar-refractivity contribution in [1.82, 2.24) is 10.2 Å². The van der Waals surface area contributed by atoms with Crippen LogP contribution in [0.5, 0.6) is 11.5 Å². The van der Waals surface area contributed by atoms with E-state index in [0.29, 0.717) is 27.1 Å². The predicted molar refractivity (Wildman–Crippen MR) is 103 cm³/mol. The van der Waals surface area contributed by atoms with Gasteiger partial charge in [-0.25, -0.2) is 4.79 Å². The standard InChI is InChI=1S/C19H16Cl2N2O4/c1-23-18(24)15(22-19(23)25)8-11-4-6-16(17(9-11)26-2)27-10-12-3-5-13(20)14(21)7-12/h3-9H,10H2,1-2H3,(H,22,25)/b15-8+. The molecule has 1 aliphatic rings. The first-order chi connectivity index (χ1) is 12.9. The summed E-state index contributed by atoms with van der Waals surface area (Å²) in [5.74, 6) is 0.637. The van der Waals surface area contributed by atoms with E-state index in [1.165, 1.54) is 14.2 Å². The molecule has 0 radical (unpaired) electrons. The van der Waals surface area contributed by atoms with E-state index in [-0.39, 0.29) is 18.2 Å². The third-order valence-electron chi connectivity index (χ3n) is 3.96. The Bertz CT molecular complexity index is 943. The van der Waals surface area contributed by atoms with Crippen LogP contribution in [0.1, 0.15) is 11.1 Å². The second kappa shape index (κ2) is 7.90. The fourth-order valence-electron chi connectivity index (χ4n) is 2.47. The summed E-state index contributed by atoms with van der Waals surface area (Å²) >= 11 is 11.9. The topological polar surface area (TPSA) is 67.9 Å². The molecule has 1 saturated heterocycles. The molecule has 1 heterocycles. The van der Waals surface area contributed by atoms with Gasteiger partial charge in [0, 0.05) is 7.05 Å². The van der Waals surface area contributed by atoms with Crippen LogP contribution < -0.4 is 14.8 Å². The summed E-state index contributed by atoms with van der Waals surface area (Å²) in [5.41, 5.74) is 1.75. The van der Waals surface area contributed by atoms with Crippen LogP contribution in [0.3, 0.4) is 0 Å². The number of imide groups is 1. The first-order valence-electron chi connectivity index (χ1n) is 7.94. The number of nitrogens with zero attached hydrogens (tertiary/aromatic N) is 1. The number of carbonyl (C=O) groups excluding carboxylic acids is 2. The summed E-state index contributed by atoms with van der Waals surface area (Å²) in [7, 11) is 2.94. The van der Waals surface area contributed by atoms with Gasteiger partial charge in [-0.2, -0.15) is 0 Å². The van der Waals surface area contributed by atoms with Gasteiger partial charge in [-0.05, 0) is 41.5 Å². The number of ether oxygens (including phenoxy) is 2. The van der Waals surface area contributed by atoms with Gasteiger partial charge >= 0.3 is 6.03 Å². The van der Waals surface area contributed by atoms with Crippen LogP contribution in [0, 0.1) is 0 Å². The number of carbonyl (C=O) groups is 2. The Balaban J connectivity index is 1.77. The minimum atomic E-state index is -0.459. The van der Waals surface area contributed by atoms with Gasteiger partial charge in [0.1, 0.15) is 12.3 Å². The molecular weight excluding hydrogens is 391 g/mol. The highest BCUT2D eigenvalue weighted by Crippen LogP contribution is 2.30. The predicted octanol–water partition coefficient (Wildman–Crippen LogP) is 4.10. The van der Waals surface area contributed by atoms with Crippen molar-refractivity contribution >= 4 is 41.2 Å². The highest BCUT2D eigenvalue weighted by molar-refractivity contribution is 6.42. The Labute approximate surface area is 166 Å². The Hall–Kier alpha value is -2.70. The van der Waals surface area contributed by atoms with Crippen molar-refractivity contribution in [2.75, 3.05) is 14.2 Å². The van der Waals surface area contributed by atoms with Crippen molar-refractivity contribution in [2.24, 2.45) is 0 Å². The van der Waals surface area contributed by atoms with Gasteiger partial charge in [-0.3, -0.25) is 9.69 Å². The molecule has 8 heteroatoms. The molecular formula is C19H16Cl2N2O4. The van der Waals surface area contributed by atoms with E-state index in [4.69, 9.17) is 32.7 Å². The molecule has 140 valence electrons. The van der Waals surface area contributed by atoms with Crippen molar-refractivity contribution < 1.29 is 19.1 Å². The molecule has 6 nitrogen and oxygen atoms in total. The maximum Gasteiger partial charge on any atom is 0.328 e. The SMILES string of the molecule is COc1cc(/C=C2/NC(=O)N(C)C2=O)ccc1OCc1ccc(Cl)c(Cl)c1. The fraction of sp³-hybridized carbons (Fsp3) is 0.158. The van der Waals surface area contributed by atoms with Gasteiger partial charge in [-0.15, -0.1) is 0 Å². The molecule has 0 aliphatic carbocycles. The zero-order valence-corrected chi connectivity index (χ0v) is 16.1. The minimum absolute atomic E-state index is 0.203. The Kier molecular flexibility index (Phi) is 5.58. The lowest BCUT2D eigenvalue weighted by atomic mass is 10.1. The van der Waals surface area contributed by atoms with Crippen molar-refractivity contribution in [2.45, 2.75) is 6.61 Å². The summed E-state index contributed by atoms with van der Waals surface area (Å²) in [6.45, 7) is 0.285. The number of likely N-dealkylation sites (N-methyl/N-ethyl adjacent to an activating group) is 1. The second-order valence-corrected chi connectivity index (χ2v) is 6.61. The highest BCUT2D eigenvalue weighted by Gasteiger charge is 2.29. The molecule has 1 aliphatic heterocycles. The van der Waals surface area contributed by atoms with E-state index in [1.807, 2.05) is 6.07 Å². The van der Waals surface area contributed by atoms with E-state index in [0.717, 1.165) is 10.5 Å². The average molecular weight is 407 g/mol. The molecule has 0 bridgehead atoms. The number of benzene rings is 2. The van der Waals surface area contributed by atoms with Crippen LogP contribution in [-0.2, 0) is 11.4 Å². The molecule has 0 spiro atoms. The quantitative estimate of drug-likeness (QED) is 0.599. The maximum absolute atomic E-state index is 12.0. The zero-order chi connectivity index (χ0) is 19.6. The summed E-state index contributed by atoms with van der Waals surface area (Å²) in [6, 6.07) is 10.0. The molecule has 3 amide bonds. The Morgan fingerprint density at radius 1 is 1.07 bits per heavy atom. The van der Waals surface area contributed by atoms with Crippen molar-refractivity contribution in [1.29, 1.82) is 0 Å². The number of rotatable bonds is 5. The normalized spacial score (nSPS) is 15.3. The van der Waals surface area contributed by atoms with Crippen LogP contribution in [-0.4, -0.2) is 31.0 Å². The molecule has 0 unspecified atom stereocenters. The lowest BCUT2D eigenvalue weighted by Gasteiger charge is -2.12. The number of urea groups is 1. The molecule has 1 fully saturated rings. The number of methoxy groups -OCH3 is 1. The zero-order valence-electron chi connectivity index (χ0n) is 14.6. The summed E-state index contributed by atoms with van der Waals surface area (Å²) < 4.78 is 11.2. The molecule has 1 N–H and O–H groups in total. The number of nitrogens with one attached hydrogen (secondary N) is 1. The van der Waals surface area contributed by atoms with Crippen molar-refractivity contribution in [3.63, 3.8) is 0 Å². The monoisotopic (exact) mass is 406 g/mol. The van der Waals surface area contributed by atoms with Crippen LogP contribution in [0.25, 0.3) is 6.08 Å². The van der Waals surface area contributed by atoms with E-state index >= 15 is 0 Å². The molecule has 0 atom stereocenters. The summed E-state index contributed by atoms with van der Waals surface area (Å²) in [6.07, 6.45) is 1.58. The third kappa shape index (κ3) is 4.18. The van der Waals surface area contributed by atoms with Crippen LogP contribution in [0.4, 0.5) is 4.79 Å². The number of hydrogen-bond acceptors (Lipinski definition) is 4. The first-order valence-corrected chi connectivity index (χ1v) is 8.70. The van der Waals surface area contributed by atoms with Crippen molar-refractivity contribution in [3.8, 4) is 11.5 Å². The van der Waals surface area contributed by atoms with Gasteiger partial charge in [0.05, 0.1) is 17.2 Å². The van der Waals surface area contributed by atoms with Gasteiger partial charge < -0.3 is 14.8 Å². The molecule has 3 rings (SSSR count). The van der Waals surface area contributed by atoms with E-state index < -0.39 is 6.03 Å². The molecule has 2 aromatic rings. The van der Waals surface area contributed by atoms with Crippen LogP contribution in [0.2, 0.25) is 10.0 Å². The molecule has 2 aromatic carbocycles. The largest absolute Gasteiger partial charge is 0.493 e. The van der Waals surface area contributed by atoms with Gasteiger partial charge in [0.2, 0.25) is 0 Å². The highest BCUT2D eigenvalue weighted by atomic mass is 35.5. The summed E-state index contributed by atoms with van der Waals surface area (Å²) in [5, 5.41) is 3.45. The lowest BCUT2D eigenvalue weighted by molar-refractivity contribution is -0.121. The second-order valence-electron chi connectivity index (χ2n) is 5.80. The number of halogens is 2.